The molecule has 2 aromatic rings. The molecule has 0 radical (unpaired) electrons. The highest BCUT2D eigenvalue weighted by molar-refractivity contribution is 7.99. The minimum Gasteiger partial charge on any atom is -0.274 e. The van der Waals surface area contributed by atoms with Gasteiger partial charge in [0.25, 0.3) is 0 Å². The summed E-state index contributed by atoms with van der Waals surface area (Å²) in [7, 11) is -2.45. The van der Waals surface area contributed by atoms with E-state index < -0.39 is 75.6 Å². The van der Waals surface area contributed by atoms with Crippen molar-refractivity contribution in [3.63, 3.8) is 0 Å². The van der Waals surface area contributed by atoms with Gasteiger partial charge < -0.3 is 0 Å². The summed E-state index contributed by atoms with van der Waals surface area (Å²) in [6, 6.07) is 3.92. The molecule has 1 atom stereocenters. The number of aryl methyl sites for hydroxylation is 2. The van der Waals surface area contributed by atoms with E-state index in [0.717, 1.165) is 24.3 Å². The molecule has 2 aliphatic rings. The lowest BCUT2D eigenvalue weighted by molar-refractivity contribution is -0.122. The summed E-state index contributed by atoms with van der Waals surface area (Å²) in [6.07, 6.45) is -9.22. The van der Waals surface area contributed by atoms with Crippen molar-refractivity contribution in [3.8, 4) is 0 Å². The summed E-state index contributed by atoms with van der Waals surface area (Å²) >= 11 is 0.497. The zero-order chi connectivity index (χ0) is 32.4. The third kappa shape index (κ3) is 8.61. The third-order valence-corrected chi connectivity index (χ3v) is 8.75. The van der Waals surface area contributed by atoms with E-state index in [4.69, 9.17) is 0 Å². The van der Waals surface area contributed by atoms with Crippen LogP contribution in [-0.4, -0.2) is 51.7 Å². The molecule has 2 fully saturated rings. The molecule has 17 heteroatoms. The van der Waals surface area contributed by atoms with Crippen molar-refractivity contribution in [2.24, 2.45) is 0 Å². The number of thioether (sulfide) groups is 1. The molecule has 1 unspecified atom stereocenters. The number of amides is 4. The first-order valence-electron chi connectivity index (χ1n) is 12.3. The normalized spacial score (nSPS) is 16.6. The van der Waals surface area contributed by atoms with Crippen LogP contribution in [0, 0.1) is 25.5 Å². The molecular formula is C26H22F8N2O5S2. The van der Waals surface area contributed by atoms with Crippen molar-refractivity contribution in [2.75, 3.05) is 21.3 Å². The van der Waals surface area contributed by atoms with Crippen molar-refractivity contribution in [1.29, 1.82) is 0 Å². The van der Waals surface area contributed by atoms with Gasteiger partial charge in [-0.2, -0.15) is 26.3 Å². The topological polar surface area (TPSA) is 91.8 Å². The van der Waals surface area contributed by atoms with Gasteiger partial charge in [0.15, 0.2) is 0 Å². The van der Waals surface area contributed by atoms with Gasteiger partial charge in [0, 0.05) is 35.5 Å². The number of benzene rings is 2. The van der Waals surface area contributed by atoms with Crippen molar-refractivity contribution >= 4 is 57.6 Å². The van der Waals surface area contributed by atoms with Gasteiger partial charge in [-0.1, -0.05) is 0 Å². The summed E-state index contributed by atoms with van der Waals surface area (Å²) in [6.45, 7) is 2.78. The molecule has 0 aliphatic carbocycles. The van der Waals surface area contributed by atoms with E-state index in [9.17, 15) is 58.5 Å². The van der Waals surface area contributed by atoms with Gasteiger partial charge in [-0.15, -0.1) is 11.8 Å². The fraction of sp³-hybridized carbons (Fsp3) is 0.385. The van der Waals surface area contributed by atoms with Gasteiger partial charge in [0.05, 0.1) is 27.9 Å². The highest BCUT2D eigenvalue weighted by atomic mass is 32.2. The van der Waals surface area contributed by atoms with Crippen LogP contribution in [0.25, 0.3) is 0 Å². The van der Waals surface area contributed by atoms with Crippen LogP contribution in [-0.2, 0) is 30.0 Å². The molecule has 0 bridgehead atoms. The van der Waals surface area contributed by atoms with Crippen molar-refractivity contribution in [2.45, 2.75) is 61.7 Å². The van der Waals surface area contributed by atoms with Crippen molar-refractivity contribution < 1.29 is 58.5 Å². The van der Waals surface area contributed by atoms with E-state index in [2.05, 4.69) is 0 Å². The Morgan fingerprint density at radius 1 is 0.698 bits per heavy atom. The number of imide groups is 2. The lowest BCUT2D eigenvalue weighted by Gasteiger charge is -2.17. The van der Waals surface area contributed by atoms with Crippen LogP contribution in [0.3, 0.4) is 0 Å². The summed E-state index contributed by atoms with van der Waals surface area (Å²) in [5, 5.41) is 0. The van der Waals surface area contributed by atoms with Gasteiger partial charge in [-0.3, -0.25) is 23.4 Å². The average Bonchev–Trinajstić information content (AvgIpc) is 3.37. The van der Waals surface area contributed by atoms with E-state index in [0.29, 0.717) is 27.1 Å². The SMILES string of the molecule is Cc1cc(F)c(N2C(=O)CCC2=O)cc1S(=O)CC(F)(F)F.Cc1cc(F)c(N2C(=O)CCC2=O)cc1SCC(F)(F)F. The number of carbonyl (C=O) groups excluding carboxylic acids is 4. The molecule has 0 spiro atoms. The number of rotatable bonds is 6. The largest absolute Gasteiger partial charge is 0.400 e. The maximum atomic E-state index is 14.0. The predicted octanol–water partition coefficient (Wildman–Crippen LogP) is 5.90. The first kappa shape index (κ1) is 34.2. The lowest BCUT2D eigenvalue weighted by atomic mass is 10.2. The number of hydrogen-bond acceptors (Lipinski definition) is 6. The fourth-order valence-electron chi connectivity index (χ4n) is 4.10. The molecule has 0 aromatic heterocycles. The monoisotopic (exact) mass is 658 g/mol. The molecule has 4 amide bonds. The molecular weight excluding hydrogens is 636 g/mol. The maximum Gasteiger partial charge on any atom is 0.400 e. The van der Waals surface area contributed by atoms with Gasteiger partial charge >= 0.3 is 12.4 Å². The third-order valence-electron chi connectivity index (χ3n) is 6.01. The minimum atomic E-state index is -4.65. The molecule has 2 saturated heterocycles. The van der Waals surface area contributed by atoms with E-state index in [-0.39, 0.29) is 46.7 Å². The van der Waals surface area contributed by atoms with Gasteiger partial charge in [-0.05, 0) is 49.2 Å². The maximum absolute atomic E-state index is 14.0. The summed E-state index contributed by atoms with van der Waals surface area (Å²) in [5.74, 6) is -6.80. The molecule has 2 heterocycles. The van der Waals surface area contributed by atoms with Crippen LogP contribution >= 0.6 is 11.8 Å². The van der Waals surface area contributed by atoms with Crippen LogP contribution < -0.4 is 9.80 Å². The zero-order valence-electron chi connectivity index (χ0n) is 22.3. The Kier molecular flexibility index (Phi) is 10.4. The number of nitrogens with zero attached hydrogens (tertiary/aromatic N) is 2. The number of halogens is 8. The van der Waals surface area contributed by atoms with E-state index in [1.54, 1.807) is 0 Å². The molecule has 43 heavy (non-hydrogen) atoms. The number of anilines is 2. The molecule has 0 saturated carbocycles. The first-order chi connectivity index (χ1) is 19.8. The second kappa shape index (κ2) is 13.1. The predicted molar refractivity (Wildman–Crippen MR) is 140 cm³/mol. The Labute approximate surface area is 246 Å². The van der Waals surface area contributed by atoms with Crippen LogP contribution in [0.1, 0.15) is 36.8 Å². The Hall–Kier alpha value is -3.34. The Morgan fingerprint density at radius 2 is 1.12 bits per heavy atom. The summed E-state index contributed by atoms with van der Waals surface area (Å²) in [4.78, 5) is 47.7. The Bertz CT molecular complexity index is 1460. The number of hydrogen-bond donors (Lipinski definition) is 0. The number of carbonyl (C=O) groups is 4. The zero-order valence-corrected chi connectivity index (χ0v) is 24.0. The Balaban J connectivity index is 0.000000236. The highest BCUT2D eigenvalue weighted by Gasteiger charge is 2.36. The lowest BCUT2D eigenvalue weighted by Crippen LogP contribution is -2.30. The van der Waals surface area contributed by atoms with Crippen molar-refractivity contribution in [3.05, 3.63) is 47.0 Å². The molecule has 4 rings (SSSR count). The van der Waals surface area contributed by atoms with Gasteiger partial charge in [0.1, 0.15) is 17.4 Å². The second-order valence-electron chi connectivity index (χ2n) is 9.39. The van der Waals surface area contributed by atoms with E-state index in [1.165, 1.54) is 13.8 Å². The Morgan fingerprint density at radius 3 is 1.53 bits per heavy atom. The number of alkyl halides is 6. The van der Waals surface area contributed by atoms with Gasteiger partial charge in [0.2, 0.25) is 23.6 Å². The standard InChI is InChI=1S/C13H11F4NO3S.C13H11F4NO2S/c1-7-4-8(14)9(18-11(19)2-3-12(18)20)5-10(7)22(21)6-13(15,16)17;1-7-4-8(14)9(18-11(19)2-3-12(18)20)5-10(7)21-6-13(15,16)17/h4-5H,2-3,6H2,1H3;4-5H,2-3,6H2,1H3. The van der Waals surface area contributed by atoms with E-state index >= 15 is 0 Å². The van der Waals surface area contributed by atoms with Crippen molar-refractivity contribution in [1.82, 2.24) is 0 Å². The highest BCUT2D eigenvalue weighted by Crippen LogP contribution is 2.35. The molecule has 0 N–H and O–H groups in total. The molecule has 234 valence electrons. The van der Waals surface area contributed by atoms with E-state index in [1.807, 2.05) is 0 Å². The summed E-state index contributed by atoms with van der Waals surface area (Å²) in [5.41, 5.74) is -0.353. The fourth-order valence-corrected chi connectivity index (χ4v) is 6.02. The van der Waals surface area contributed by atoms with Crippen LogP contribution in [0.15, 0.2) is 34.1 Å². The first-order valence-corrected chi connectivity index (χ1v) is 14.6. The second-order valence-corrected chi connectivity index (χ2v) is 11.8. The van der Waals surface area contributed by atoms with Gasteiger partial charge in [-0.25, -0.2) is 18.6 Å². The molecule has 2 aromatic carbocycles. The summed E-state index contributed by atoms with van der Waals surface area (Å²) < 4.78 is 114. The minimum absolute atomic E-state index is 0.0167. The average molecular weight is 659 g/mol. The van der Waals surface area contributed by atoms with Crippen LogP contribution in [0.5, 0.6) is 0 Å². The van der Waals surface area contributed by atoms with Crippen LogP contribution in [0.2, 0.25) is 0 Å². The molecule has 2 aliphatic heterocycles. The molecule has 7 nitrogen and oxygen atoms in total. The quantitative estimate of drug-likeness (QED) is 0.218. The smallest absolute Gasteiger partial charge is 0.274 e. The van der Waals surface area contributed by atoms with Crippen LogP contribution in [0.4, 0.5) is 46.5 Å².